The third-order valence-corrected chi connectivity index (χ3v) is 14.0. The van der Waals surface area contributed by atoms with Crippen molar-refractivity contribution < 1.29 is 82.1 Å². The molecule has 414 valence electrons. The molecule has 0 bridgehead atoms. The Bertz CT molecular complexity index is 3420. The number of rotatable bonds is 24. The van der Waals surface area contributed by atoms with E-state index in [1.54, 1.807) is 50.3 Å². The molecule has 6 aromatic rings. The van der Waals surface area contributed by atoms with Gasteiger partial charge in [-0.3, -0.25) is 14.4 Å². The van der Waals surface area contributed by atoms with Crippen molar-refractivity contribution in [3.8, 4) is 33.8 Å². The van der Waals surface area contributed by atoms with Gasteiger partial charge in [0.15, 0.2) is 18.0 Å². The van der Waals surface area contributed by atoms with Crippen LogP contribution in [0.4, 0.5) is 0 Å². The Morgan fingerprint density at radius 3 is 1.44 bits per heavy atom. The van der Waals surface area contributed by atoms with Crippen molar-refractivity contribution in [3.63, 3.8) is 0 Å². The van der Waals surface area contributed by atoms with E-state index in [0.29, 0.717) is 22.6 Å². The molecule has 17 heteroatoms. The molecule has 0 saturated heterocycles. The quantitative estimate of drug-likeness (QED) is 0.0167. The zero-order valence-electron chi connectivity index (χ0n) is 44.1. The highest BCUT2D eigenvalue weighted by atomic mass is 16.6. The van der Waals surface area contributed by atoms with E-state index in [1.165, 1.54) is 36.4 Å². The first-order valence-corrected chi connectivity index (χ1v) is 25.8. The fourth-order valence-electron chi connectivity index (χ4n) is 10.0. The Morgan fingerprint density at radius 2 is 0.988 bits per heavy atom. The molecular weight excluding hydrogens is 1040 g/mol. The third-order valence-electron chi connectivity index (χ3n) is 14.0. The Kier molecular flexibility index (Phi) is 17.9. The maximum Gasteiger partial charge on any atom is 0.339 e. The number of allylic oxidation sites excluding steroid dienone is 2. The van der Waals surface area contributed by atoms with Crippen LogP contribution in [0.5, 0.6) is 11.5 Å². The smallest absolute Gasteiger partial charge is 0.339 e. The molecule has 0 fully saturated rings. The van der Waals surface area contributed by atoms with Gasteiger partial charge in [-0.2, -0.15) is 0 Å². The molecule has 0 aliphatic heterocycles. The monoisotopic (exact) mass is 1100 g/mol. The van der Waals surface area contributed by atoms with E-state index in [9.17, 15) is 53.7 Å². The molecular formula is C64H56O17. The van der Waals surface area contributed by atoms with Crippen LogP contribution in [-0.2, 0) is 43.5 Å². The Hall–Kier alpha value is -9.90. The van der Waals surface area contributed by atoms with E-state index in [1.807, 2.05) is 48.5 Å². The van der Waals surface area contributed by atoms with Crippen LogP contribution in [0.15, 0.2) is 171 Å². The number of aliphatic carboxylic acids is 1. The van der Waals surface area contributed by atoms with Gasteiger partial charge in [-0.15, -0.1) is 0 Å². The average molecular weight is 1100 g/mol. The van der Waals surface area contributed by atoms with Crippen LogP contribution < -0.4 is 9.47 Å². The number of Topliss-reactive ketones (excluding diaryl/α,β-unsaturated/α-hetero) is 1. The van der Waals surface area contributed by atoms with Gasteiger partial charge in [0.25, 0.3) is 0 Å². The molecule has 0 radical (unpaired) electrons. The van der Waals surface area contributed by atoms with Gasteiger partial charge in [0, 0.05) is 23.6 Å². The lowest BCUT2D eigenvalue weighted by Crippen LogP contribution is -2.36. The average Bonchev–Trinajstić information content (AvgIpc) is 3.87. The molecule has 3 N–H and O–H groups in total. The molecule has 2 aliphatic carbocycles. The number of hydrogen-bond donors (Lipinski definition) is 3. The molecule has 6 aromatic carbocycles. The summed E-state index contributed by atoms with van der Waals surface area (Å²) in [5.41, 5.74) is 4.41. The standard InChI is InChI=1S/C64H56O17/c1-5-56(65)80-44(35-78-62(74)51-16-8-7-15-48(51)59(68)69)33-76-42-25-21-40(22-26-42)64(54-17-11-9-13-46(54)47-14-10-12-18-55(47)64)41-23-27-43(28-24-41)77-34-45(81-57(66)6-2)36-79-63(75)53-32-39(20-30-50(53)61(72)73)38-19-29-49(60(70)71)52(31-38)58(67)37(3)4/h5-14,17-32,37,44-45,48,51H,1-2,15-16,33-36H2,3-4H3,(H,68,69)(H,70,71)(H,72,73). The summed E-state index contributed by atoms with van der Waals surface area (Å²) in [5.74, 6) is -9.33. The van der Waals surface area contributed by atoms with Crippen LogP contribution in [0.25, 0.3) is 22.3 Å². The lowest BCUT2D eigenvalue weighted by molar-refractivity contribution is -0.164. The predicted molar refractivity (Wildman–Crippen MR) is 294 cm³/mol. The first kappa shape index (κ1) is 57.3. The van der Waals surface area contributed by atoms with Crippen molar-refractivity contribution in [2.45, 2.75) is 44.3 Å². The fourth-order valence-corrected chi connectivity index (χ4v) is 10.0. The van der Waals surface area contributed by atoms with Crippen LogP contribution >= 0.6 is 0 Å². The number of carboxylic acid groups (broad SMARTS) is 3. The number of fused-ring (bicyclic) bond motifs is 3. The minimum Gasteiger partial charge on any atom is -0.490 e. The first-order valence-electron chi connectivity index (χ1n) is 25.8. The van der Waals surface area contributed by atoms with E-state index < -0.39 is 95.1 Å². The number of esters is 4. The van der Waals surface area contributed by atoms with E-state index in [0.717, 1.165) is 45.5 Å². The molecule has 0 saturated carbocycles. The molecule has 0 spiro atoms. The summed E-state index contributed by atoms with van der Waals surface area (Å²) in [7, 11) is 0. The van der Waals surface area contributed by atoms with Crippen molar-refractivity contribution in [1.82, 2.24) is 0 Å². The third kappa shape index (κ3) is 12.5. The zero-order chi connectivity index (χ0) is 58.0. The van der Waals surface area contributed by atoms with Crippen LogP contribution in [-0.4, -0.2) is 102 Å². The van der Waals surface area contributed by atoms with Crippen molar-refractivity contribution in [2.24, 2.45) is 17.8 Å². The van der Waals surface area contributed by atoms with E-state index in [-0.39, 0.29) is 49.4 Å². The second kappa shape index (κ2) is 25.3. The Labute approximate surface area is 465 Å². The van der Waals surface area contributed by atoms with Gasteiger partial charge >= 0.3 is 41.8 Å². The molecule has 8 rings (SSSR count). The van der Waals surface area contributed by atoms with Crippen molar-refractivity contribution in [2.75, 3.05) is 26.4 Å². The highest BCUT2D eigenvalue weighted by molar-refractivity contribution is 6.08. The number of carboxylic acids is 3. The first-order chi connectivity index (χ1) is 38.9. The fraction of sp³-hybridized carbons (Fsp3) is 0.219. The van der Waals surface area contributed by atoms with E-state index in [2.05, 4.69) is 37.4 Å². The Morgan fingerprint density at radius 1 is 0.543 bits per heavy atom. The number of ketones is 1. The van der Waals surface area contributed by atoms with Crippen molar-refractivity contribution >= 4 is 47.6 Å². The SMILES string of the molecule is C=CC(=O)OC(COC(=O)c1cc(-c2ccc(C(=O)O)c(C(=O)C(C)C)c2)ccc1C(=O)O)COc1ccc(C2(c3ccc(OCC(COC(=O)C4CC=CCC4C(=O)O)OC(=O)C=C)cc3)c3ccccc3-c3ccccc32)cc1. The second-order valence-electron chi connectivity index (χ2n) is 19.4. The second-order valence-corrected chi connectivity index (χ2v) is 19.4. The summed E-state index contributed by atoms with van der Waals surface area (Å²) < 4.78 is 34.3. The topological polar surface area (TPSA) is 253 Å². The lowest BCUT2D eigenvalue weighted by atomic mass is 9.68. The Balaban J connectivity index is 1.01. The minimum absolute atomic E-state index is 0.0539. The van der Waals surface area contributed by atoms with Gasteiger partial charge in [0.2, 0.25) is 0 Å². The van der Waals surface area contributed by atoms with Gasteiger partial charge in [0.05, 0.1) is 33.9 Å². The molecule has 4 atom stereocenters. The number of aromatic carboxylic acids is 2. The van der Waals surface area contributed by atoms with Gasteiger partial charge in [-0.1, -0.05) is 124 Å². The summed E-state index contributed by atoms with van der Waals surface area (Å²) >= 11 is 0. The summed E-state index contributed by atoms with van der Waals surface area (Å²) in [5, 5.41) is 29.5. The van der Waals surface area contributed by atoms with Crippen molar-refractivity contribution in [3.05, 3.63) is 215 Å². The summed E-state index contributed by atoms with van der Waals surface area (Å²) in [6.07, 6.45) is 3.45. The summed E-state index contributed by atoms with van der Waals surface area (Å²) in [6.45, 7) is 8.67. The largest absolute Gasteiger partial charge is 0.490 e. The molecule has 0 aromatic heterocycles. The summed E-state index contributed by atoms with van der Waals surface area (Å²) in [6, 6.07) is 38.7. The van der Waals surface area contributed by atoms with Gasteiger partial charge < -0.3 is 43.7 Å². The van der Waals surface area contributed by atoms with Crippen molar-refractivity contribution in [1.29, 1.82) is 0 Å². The van der Waals surface area contributed by atoms with Gasteiger partial charge in [0.1, 0.15) is 37.9 Å². The molecule has 81 heavy (non-hydrogen) atoms. The van der Waals surface area contributed by atoms with Crippen LogP contribution in [0.2, 0.25) is 0 Å². The highest BCUT2D eigenvalue weighted by Gasteiger charge is 2.46. The molecule has 0 heterocycles. The highest BCUT2D eigenvalue weighted by Crippen LogP contribution is 2.56. The van der Waals surface area contributed by atoms with Crippen LogP contribution in [0.3, 0.4) is 0 Å². The predicted octanol–water partition coefficient (Wildman–Crippen LogP) is 9.97. The van der Waals surface area contributed by atoms with Crippen LogP contribution in [0, 0.1) is 17.8 Å². The van der Waals surface area contributed by atoms with E-state index in [4.69, 9.17) is 28.4 Å². The minimum atomic E-state index is -1.44. The van der Waals surface area contributed by atoms with Gasteiger partial charge in [-0.05, 0) is 106 Å². The van der Waals surface area contributed by atoms with Crippen LogP contribution in [0.1, 0.15) is 90.4 Å². The molecule has 0 amide bonds. The number of carbonyl (C=O) groups is 8. The zero-order valence-corrected chi connectivity index (χ0v) is 44.1. The number of ether oxygens (including phenoxy) is 6. The lowest BCUT2D eigenvalue weighted by Gasteiger charge is -2.34. The van der Waals surface area contributed by atoms with E-state index >= 15 is 0 Å². The maximum atomic E-state index is 13.7. The number of benzene rings is 6. The normalized spacial score (nSPS) is 15.3. The van der Waals surface area contributed by atoms with Gasteiger partial charge in [-0.25, -0.2) is 24.0 Å². The molecule has 17 nitrogen and oxygen atoms in total. The number of carbonyl (C=O) groups excluding carboxylic acids is 5. The maximum absolute atomic E-state index is 13.7. The molecule has 4 unspecified atom stereocenters. The molecule has 2 aliphatic rings. The summed E-state index contributed by atoms with van der Waals surface area (Å²) in [4.78, 5) is 101. The number of hydrogen-bond acceptors (Lipinski definition) is 14.